The summed E-state index contributed by atoms with van der Waals surface area (Å²) in [5.74, 6) is -0.622. The van der Waals surface area contributed by atoms with Crippen LogP contribution in [0.15, 0.2) is 48.5 Å². The standard InChI is InChI=1S/C16H15NO5/c1-11(12-6-4-3-5-7-12)16(18)22-14-9-8-13(17(19)20)10-15(14)21-2/h3-11H,1-2H3/t11-/m1/s1. The van der Waals surface area contributed by atoms with Gasteiger partial charge >= 0.3 is 5.97 Å². The van der Waals surface area contributed by atoms with Crippen molar-refractivity contribution in [3.8, 4) is 11.5 Å². The Hall–Kier alpha value is -2.89. The monoisotopic (exact) mass is 301 g/mol. The second-order valence-corrected chi connectivity index (χ2v) is 4.65. The molecule has 0 amide bonds. The minimum atomic E-state index is -0.541. The normalized spacial score (nSPS) is 11.5. The maximum absolute atomic E-state index is 12.2. The Kier molecular flexibility index (Phi) is 4.73. The molecule has 0 saturated carbocycles. The topological polar surface area (TPSA) is 78.7 Å². The van der Waals surface area contributed by atoms with Crippen LogP contribution in [0.5, 0.6) is 11.5 Å². The van der Waals surface area contributed by atoms with E-state index in [-0.39, 0.29) is 17.2 Å². The van der Waals surface area contributed by atoms with Crippen LogP contribution in [0.2, 0.25) is 0 Å². The minimum absolute atomic E-state index is 0.132. The van der Waals surface area contributed by atoms with Gasteiger partial charge < -0.3 is 9.47 Å². The van der Waals surface area contributed by atoms with Crippen molar-refractivity contribution in [3.63, 3.8) is 0 Å². The highest BCUT2D eigenvalue weighted by atomic mass is 16.6. The number of hydrogen-bond acceptors (Lipinski definition) is 5. The van der Waals surface area contributed by atoms with E-state index in [1.807, 2.05) is 30.3 Å². The van der Waals surface area contributed by atoms with E-state index in [0.717, 1.165) is 5.56 Å². The Morgan fingerprint density at radius 1 is 1.14 bits per heavy atom. The molecule has 22 heavy (non-hydrogen) atoms. The van der Waals surface area contributed by atoms with Gasteiger partial charge in [0.15, 0.2) is 11.5 Å². The Balaban J connectivity index is 2.19. The van der Waals surface area contributed by atoms with Gasteiger partial charge in [0.2, 0.25) is 0 Å². The van der Waals surface area contributed by atoms with Gasteiger partial charge in [-0.05, 0) is 18.6 Å². The molecule has 1 atom stereocenters. The van der Waals surface area contributed by atoms with Crippen LogP contribution in [0.1, 0.15) is 18.4 Å². The maximum Gasteiger partial charge on any atom is 0.318 e. The van der Waals surface area contributed by atoms with E-state index in [9.17, 15) is 14.9 Å². The first-order valence-corrected chi connectivity index (χ1v) is 6.62. The molecular weight excluding hydrogens is 286 g/mol. The zero-order valence-electron chi connectivity index (χ0n) is 12.2. The molecule has 0 radical (unpaired) electrons. The predicted molar refractivity (Wildman–Crippen MR) is 80.1 cm³/mol. The average molecular weight is 301 g/mol. The number of methoxy groups -OCH3 is 1. The fraction of sp³-hybridized carbons (Fsp3) is 0.188. The first kappa shape index (κ1) is 15.5. The number of carbonyl (C=O) groups excluding carboxylic acids is 1. The molecule has 114 valence electrons. The third kappa shape index (κ3) is 3.41. The highest BCUT2D eigenvalue weighted by molar-refractivity contribution is 5.80. The van der Waals surface area contributed by atoms with Gasteiger partial charge in [-0.1, -0.05) is 30.3 Å². The summed E-state index contributed by atoms with van der Waals surface area (Å²) in [6.07, 6.45) is 0. The summed E-state index contributed by atoms with van der Waals surface area (Å²) >= 11 is 0. The van der Waals surface area contributed by atoms with Crippen molar-refractivity contribution >= 4 is 11.7 Å². The number of nitro benzene ring substituents is 1. The molecule has 0 spiro atoms. The average Bonchev–Trinajstić information content (AvgIpc) is 2.55. The third-order valence-corrected chi connectivity index (χ3v) is 3.22. The number of ether oxygens (including phenoxy) is 2. The molecule has 0 aliphatic rings. The van der Waals surface area contributed by atoms with E-state index in [1.54, 1.807) is 6.92 Å². The summed E-state index contributed by atoms with van der Waals surface area (Å²) in [5, 5.41) is 10.7. The third-order valence-electron chi connectivity index (χ3n) is 3.22. The number of benzene rings is 2. The zero-order chi connectivity index (χ0) is 16.1. The molecule has 0 saturated heterocycles. The molecule has 2 aromatic rings. The number of carbonyl (C=O) groups is 1. The van der Waals surface area contributed by atoms with Crippen molar-refractivity contribution in [3.05, 3.63) is 64.2 Å². The van der Waals surface area contributed by atoms with Crippen molar-refractivity contribution in [1.29, 1.82) is 0 Å². The van der Waals surface area contributed by atoms with Crippen LogP contribution in [-0.4, -0.2) is 18.0 Å². The number of non-ortho nitro benzene ring substituents is 1. The summed E-state index contributed by atoms with van der Waals surface area (Å²) in [6, 6.07) is 13.0. The van der Waals surface area contributed by atoms with Gasteiger partial charge in [0.25, 0.3) is 5.69 Å². The van der Waals surface area contributed by atoms with Crippen molar-refractivity contribution in [2.45, 2.75) is 12.8 Å². The molecule has 0 bridgehead atoms. The van der Waals surface area contributed by atoms with Crippen molar-refractivity contribution < 1.29 is 19.2 Å². The van der Waals surface area contributed by atoms with Gasteiger partial charge in [-0.15, -0.1) is 0 Å². The second-order valence-electron chi connectivity index (χ2n) is 4.65. The molecule has 6 heteroatoms. The van der Waals surface area contributed by atoms with Gasteiger partial charge in [-0.2, -0.15) is 0 Å². The fourth-order valence-corrected chi connectivity index (χ4v) is 1.93. The van der Waals surface area contributed by atoms with Crippen molar-refractivity contribution in [2.24, 2.45) is 0 Å². The van der Waals surface area contributed by atoms with Crippen LogP contribution in [0.25, 0.3) is 0 Å². The van der Waals surface area contributed by atoms with E-state index in [2.05, 4.69) is 0 Å². The summed E-state index contributed by atoms with van der Waals surface area (Å²) in [5.41, 5.74) is 0.695. The van der Waals surface area contributed by atoms with E-state index < -0.39 is 16.8 Å². The molecule has 0 aromatic heterocycles. The van der Waals surface area contributed by atoms with Crippen LogP contribution in [0.4, 0.5) is 5.69 Å². The highest BCUT2D eigenvalue weighted by Gasteiger charge is 2.20. The Morgan fingerprint density at radius 3 is 2.41 bits per heavy atom. The summed E-state index contributed by atoms with van der Waals surface area (Å²) in [4.78, 5) is 22.4. The summed E-state index contributed by atoms with van der Waals surface area (Å²) < 4.78 is 10.3. The molecule has 0 heterocycles. The molecule has 2 aromatic carbocycles. The van der Waals surface area contributed by atoms with Gasteiger partial charge in [-0.3, -0.25) is 14.9 Å². The maximum atomic E-state index is 12.2. The Labute approximate surface area is 127 Å². The van der Waals surface area contributed by atoms with E-state index in [4.69, 9.17) is 9.47 Å². The van der Waals surface area contributed by atoms with Gasteiger partial charge in [-0.25, -0.2) is 0 Å². The van der Waals surface area contributed by atoms with Gasteiger partial charge in [0.05, 0.1) is 24.0 Å². The summed E-state index contributed by atoms with van der Waals surface area (Å²) in [7, 11) is 1.36. The molecule has 0 unspecified atom stereocenters. The quantitative estimate of drug-likeness (QED) is 0.366. The van der Waals surface area contributed by atoms with Crippen LogP contribution in [0.3, 0.4) is 0 Å². The first-order chi connectivity index (χ1) is 10.5. The lowest BCUT2D eigenvalue weighted by molar-refractivity contribution is -0.384. The molecule has 0 N–H and O–H groups in total. The van der Waals surface area contributed by atoms with Crippen LogP contribution in [-0.2, 0) is 4.79 Å². The number of rotatable bonds is 5. The van der Waals surface area contributed by atoms with E-state index in [1.165, 1.54) is 25.3 Å². The lowest BCUT2D eigenvalue weighted by Gasteiger charge is -2.13. The van der Waals surface area contributed by atoms with Crippen LogP contribution >= 0.6 is 0 Å². The zero-order valence-corrected chi connectivity index (χ0v) is 12.2. The molecule has 2 rings (SSSR count). The largest absolute Gasteiger partial charge is 0.493 e. The Bertz CT molecular complexity index is 684. The van der Waals surface area contributed by atoms with Gasteiger partial charge in [0.1, 0.15) is 0 Å². The first-order valence-electron chi connectivity index (χ1n) is 6.62. The van der Waals surface area contributed by atoms with Crippen LogP contribution in [0, 0.1) is 10.1 Å². The Morgan fingerprint density at radius 2 is 1.82 bits per heavy atom. The molecule has 0 aliphatic carbocycles. The van der Waals surface area contributed by atoms with Crippen molar-refractivity contribution in [1.82, 2.24) is 0 Å². The molecule has 6 nitrogen and oxygen atoms in total. The molecular formula is C16H15NO5. The summed E-state index contributed by atoms with van der Waals surface area (Å²) in [6.45, 7) is 1.73. The number of esters is 1. The lowest BCUT2D eigenvalue weighted by atomic mass is 10.0. The van der Waals surface area contributed by atoms with E-state index >= 15 is 0 Å². The van der Waals surface area contributed by atoms with Gasteiger partial charge in [0, 0.05) is 6.07 Å². The molecule has 0 aliphatic heterocycles. The smallest absolute Gasteiger partial charge is 0.318 e. The van der Waals surface area contributed by atoms with Crippen LogP contribution < -0.4 is 9.47 Å². The van der Waals surface area contributed by atoms with E-state index in [0.29, 0.717) is 0 Å². The highest BCUT2D eigenvalue weighted by Crippen LogP contribution is 2.32. The molecule has 0 fully saturated rings. The van der Waals surface area contributed by atoms with Crippen molar-refractivity contribution in [2.75, 3.05) is 7.11 Å². The fourth-order valence-electron chi connectivity index (χ4n) is 1.93. The lowest BCUT2D eigenvalue weighted by Crippen LogP contribution is -2.16. The second kappa shape index (κ2) is 6.71. The SMILES string of the molecule is COc1cc([N+](=O)[O-])ccc1OC(=O)[C@H](C)c1ccccc1. The predicted octanol–water partition coefficient (Wildman–Crippen LogP) is 3.31. The number of nitro groups is 1. The number of hydrogen-bond donors (Lipinski definition) is 0. The number of nitrogens with zero attached hydrogens (tertiary/aromatic N) is 1. The minimum Gasteiger partial charge on any atom is -0.493 e.